The minimum atomic E-state index is 0.285. The van der Waals surface area contributed by atoms with Crippen molar-refractivity contribution >= 4 is 5.95 Å². The van der Waals surface area contributed by atoms with Crippen molar-refractivity contribution in [2.24, 2.45) is 5.73 Å². The first-order chi connectivity index (χ1) is 7.31. The molecule has 2 heterocycles. The smallest absolute Gasteiger partial charge is 0.205 e. The standard InChI is InChI=1S/C11H18N4/c1-2-6-14-8-5-13-11(14)15-7-3-4-10(12)9-15/h2,5,8,10H,1,3-4,6-7,9,12H2/t10-/m1/s1. The van der Waals surface area contributed by atoms with Gasteiger partial charge in [-0.3, -0.25) is 0 Å². The van der Waals surface area contributed by atoms with Crippen LogP contribution in [0, 0.1) is 0 Å². The zero-order valence-corrected chi connectivity index (χ0v) is 8.97. The number of nitrogens with zero attached hydrogens (tertiary/aromatic N) is 3. The summed E-state index contributed by atoms with van der Waals surface area (Å²) in [5.74, 6) is 1.02. The van der Waals surface area contributed by atoms with Gasteiger partial charge in [0.25, 0.3) is 0 Å². The monoisotopic (exact) mass is 206 g/mol. The number of rotatable bonds is 3. The number of nitrogens with two attached hydrogens (primary N) is 1. The molecule has 0 amide bonds. The lowest BCUT2D eigenvalue weighted by Gasteiger charge is -2.31. The van der Waals surface area contributed by atoms with Gasteiger partial charge >= 0.3 is 0 Å². The van der Waals surface area contributed by atoms with E-state index in [1.54, 1.807) is 0 Å². The fourth-order valence-corrected chi connectivity index (χ4v) is 2.06. The molecule has 1 saturated heterocycles. The van der Waals surface area contributed by atoms with Gasteiger partial charge in [0.2, 0.25) is 5.95 Å². The summed E-state index contributed by atoms with van der Waals surface area (Å²) in [6.07, 6.45) is 7.98. The Bertz CT molecular complexity index is 331. The molecule has 1 fully saturated rings. The Hall–Kier alpha value is -1.29. The van der Waals surface area contributed by atoms with Crippen molar-refractivity contribution < 1.29 is 0 Å². The third kappa shape index (κ3) is 2.21. The van der Waals surface area contributed by atoms with Gasteiger partial charge in [-0.2, -0.15) is 0 Å². The number of aromatic nitrogens is 2. The lowest BCUT2D eigenvalue weighted by atomic mass is 10.1. The fourth-order valence-electron chi connectivity index (χ4n) is 2.06. The molecule has 0 bridgehead atoms. The van der Waals surface area contributed by atoms with Crippen molar-refractivity contribution in [1.82, 2.24) is 9.55 Å². The zero-order chi connectivity index (χ0) is 10.7. The molecule has 2 N–H and O–H groups in total. The lowest BCUT2D eigenvalue weighted by molar-refractivity contribution is 0.495. The van der Waals surface area contributed by atoms with E-state index in [0.29, 0.717) is 0 Å². The summed E-state index contributed by atoms with van der Waals surface area (Å²) in [5.41, 5.74) is 5.96. The molecular weight excluding hydrogens is 188 g/mol. The molecule has 4 heteroatoms. The molecule has 0 aliphatic carbocycles. The Labute approximate surface area is 90.4 Å². The molecule has 1 aromatic heterocycles. The van der Waals surface area contributed by atoms with E-state index in [1.807, 2.05) is 18.5 Å². The number of piperidine rings is 1. The minimum Gasteiger partial charge on any atom is -0.341 e. The summed E-state index contributed by atoms with van der Waals surface area (Å²) in [5, 5.41) is 0. The second-order valence-electron chi connectivity index (χ2n) is 4.02. The highest BCUT2D eigenvalue weighted by molar-refractivity contribution is 5.32. The van der Waals surface area contributed by atoms with Crippen LogP contribution in [-0.2, 0) is 6.54 Å². The summed E-state index contributed by atoms with van der Waals surface area (Å²) in [6, 6.07) is 0.285. The van der Waals surface area contributed by atoms with E-state index >= 15 is 0 Å². The van der Waals surface area contributed by atoms with Crippen molar-refractivity contribution in [1.29, 1.82) is 0 Å². The Morgan fingerprint density at radius 2 is 2.53 bits per heavy atom. The van der Waals surface area contributed by atoms with E-state index in [0.717, 1.165) is 38.4 Å². The van der Waals surface area contributed by atoms with Crippen LogP contribution >= 0.6 is 0 Å². The summed E-state index contributed by atoms with van der Waals surface area (Å²) in [7, 11) is 0. The fraction of sp³-hybridized carbons (Fsp3) is 0.545. The molecule has 0 radical (unpaired) electrons. The average Bonchev–Trinajstić information content (AvgIpc) is 2.66. The Balaban J connectivity index is 2.13. The second kappa shape index (κ2) is 4.49. The zero-order valence-electron chi connectivity index (χ0n) is 8.97. The highest BCUT2D eigenvalue weighted by Crippen LogP contribution is 2.17. The molecule has 0 spiro atoms. The molecule has 1 aliphatic heterocycles. The predicted molar refractivity (Wildman–Crippen MR) is 61.8 cm³/mol. The van der Waals surface area contributed by atoms with Crippen LogP contribution in [0.5, 0.6) is 0 Å². The number of imidazole rings is 1. The summed E-state index contributed by atoms with van der Waals surface area (Å²) < 4.78 is 2.10. The highest BCUT2D eigenvalue weighted by atomic mass is 15.3. The quantitative estimate of drug-likeness (QED) is 0.750. The maximum atomic E-state index is 5.96. The van der Waals surface area contributed by atoms with Gasteiger partial charge in [0.15, 0.2) is 0 Å². The first kappa shape index (κ1) is 10.2. The van der Waals surface area contributed by atoms with Crippen LogP contribution < -0.4 is 10.6 Å². The van der Waals surface area contributed by atoms with Crippen molar-refractivity contribution in [3.05, 3.63) is 25.0 Å². The van der Waals surface area contributed by atoms with E-state index in [9.17, 15) is 0 Å². The van der Waals surface area contributed by atoms with E-state index in [-0.39, 0.29) is 6.04 Å². The topological polar surface area (TPSA) is 47.1 Å². The minimum absolute atomic E-state index is 0.285. The molecule has 15 heavy (non-hydrogen) atoms. The summed E-state index contributed by atoms with van der Waals surface area (Å²) in [6.45, 7) is 6.52. The van der Waals surface area contributed by atoms with Crippen LogP contribution in [0.1, 0.15) is 12.8 Å². The molecule has 4 nitrogen and oxygen atoms in total. The van der Waals surface area contributed by atoms with Crippen LogP contribution in [0.15, 0.2) is 25.0 Å². The molecule has 1 atom stereocenters. The van der Waals surface area contributed by atoms with Gasteiger partial charge in [-0.15, -0.1) is 6.58 Å². The largest absolute Gasteiger partial charge is 0.341 e. The van der Waals surface area contributed by atoms with Crippen LogP contribution in [-0.4, -0.2) is 28.7 Å². The van der Waals surface area contributed by atoms with E-state index in [4.69, 9.17) is 5.73 Å². The normalized spacial score (nSPS) is 21.7. The molecule has 1 aliphatic rings. The molecule has 2 rings (SSSR count). The number of anilines is 1. The first-order valence-electron chi connectivity index (χ1n) is 5.44. The van der Waals surface area contributed by atoms with Gasteiger partial charge in [-0.05, 0) is 12.8 Å². The molecule has 82 valence electrons. The molecule has 0 unspecified atom stereocenters. The van der Waals surface area contributed by atoms with Crippen LogP contribution in [0.3, 0.4) is 0 Å². The van der Waals surface area contributed by atoms with Gasteiger partial charge in [0.05, 0.1) is 0 Å². The first-order valence-corrected chi connectivity index (χ1v) is 5.44. The van der Waals surface area contributed by atoms with E-state index < -0.39 is 0 Å². The van der Waals surface area contributed by atoms with Gasteiger partial charge in [-0.1, -0.05) is 6.08 Å². The van der Waals surface area contributed by atoms with Gasteiger partial charge in [-0.25, -0.2) is 4.98 Å². The van der Waals surface area contributed by atoms with Crippen LogP contribution in [0.25, 0.3) is 0 Å². The van der Waals surface area contributed by atoms with Crippen molar-refractivity contribution in [2.45, 2.75) is 25.4 Å². The average molecular weight is 206 g/mol. The number of hydrogen-bond acceptors (Lipinski definition) is 3. The number of allylic oxidation sites excluding steroid dienone is 1. The van der Waals surface area contributed by atoms with Gasteiger partial charge in [0, 0.05) is 38.1 Å². The molecule has 0 aromatic carbocycles. The third-order valence-electron chi connectivity index (χ3n) is 2.76. The summed E-state index contributed by atoms with van der Waals surface area (Å²) in [4.78, 5) is 6.64. The second-order valence-corrected chi connectivity index (χ2v) is 4.02. The van der Waals surface area contributed by atoms with Crippen molar-refractivity contribution in [3.8, 4) is 0 Å². The maximum absolute atomic E-state index is 5.96. The van der Waals surface area contributed by atoms with Crippen molar-refractivity contribution in [2.75, 3.05) is 18.0 Å². The Morgan fingerprint density at radius 1 is 1.67 bits per heavy atom. The highest BCUT2D eigenvalue weighted by Gasteiger charge is 2.19. The van der Waals surface area contributed by atoms with Crippen molar-refractivity contribution in [3.63, 3.8) is 0 Å². The summed E-state index contributed by atoms with van der Waals surface area (Å²) >= 11 is 0. The number of hydrogen-bond donors (Lipinski definition) is 1. The molecule has 1 aromatic rings. The Kier molecular flexibility index (Phi) is 3.06. The maximum Gasteiger partial charge on any atom is 0.205 e. The van der Waals surface area contributed by atoms with Crippen LogP contribution in [0.4, 0.5) is 5.95 Å². The SMILES string of the molecule is C=CCn1ccnc1N1CCC[C@@H](N)C1. The lowest BCUT2D eigenvalue weighted by Crippen LogP contribution is -2.43. The van der Waals surface area contributed by atoms with Gasteiger partial charge < -0.3 is 15.2 Å². The van der Waals surface area contributed by atoms with Crippen LogP contribution in [0.2, 0.25) is 0 Å². The van der Waals surface area contributed by atoms with E-state index in [2.05, 4.69) is 21.0 Å². The Morgan fingerprint density at radius 3 is 3.27 bits per heavy atom. The van der Waals surface area contributed by atoms with E-state index in [1.165, 1.54) is 0 Å². The molecular formula is C11H18N4. The molecule has 0 saturated carbocycles. The third-order valence-corrected chi connectivity index (χ3v) is 2.76. The van der Waals surface area contributed by atoms with Gasteiger partial charge in [0.1, 0.15) is 0 Å². The predicted octanol–water partition coefficient (Wildman–Crippen LogP) is 0.997.